The predicted octanol–water partition coefficient (Wildman–Crippen LogP) is 8.42. The van der Waals surface area contributed by atoms with E-state index in [1.165, 1.54) is 45.5 Å². The fraction of sp³-hybridized carbons (Fsp3) is 0.269. The number of aryl methyl sites for hydroxylation is 1. The summed E-state index contributed by atoms with van der Waals surface area (Å²) in [5.74, 6) is 0. The van der Waals surface area contributed by atoms with E-state index in [9.17, 15) is 0 Å². The minimum Gasteiger partial charge on any atom is -0.335 e. The summed E-state index contributed by atoms with van der Waals surface area (Å²) in [6.07, 6.45) is 17.4. The molecule has 4 rings (SSSR count). The molecule has 0 radical (unpaired) electrons. The number of aromatic nitrogens is 1. The number of hydrogen-bond acceptors (Lipinski definition) is 6. The van der Waals surface area contributed by atoms with Crippen molar-refractivity contribution < 1.29 is 4.57 Å². The van der Waals surface area contributed by atoms with E-state index >= 15 is 0 Å². The summed E-state index contributed by atoms with van der Waals surface area (Å²) in [6, 6.07) is 11.5. The Balaban J connectivity index is 1.54. The molecule has 2 aromatic carbocycles. The number of fused-ring (bicyclic) bond motifs is 2. The second-order valence-corrected chi connectivity index (χ2v) is 12.0. The molecule has 1 aliphatic heterocycles. The van der Waals surface area contributed by atoms with Crippen molar-refractivity contribution in [3.8, 4) is 0 Å². The molecule has 0 atom stereocenters. The van der Waals surface area contributed by atoms with Gasteiger partial charge in [0, 0.05) is 38.3 Å². The van der Waals surface area contributed by atoms with Gasteiger partial charge in [-0.15, -0.1) is 35.3 Å². The third kappa shape index (κ3) is 5.22. The lowest BCUT2D eigenvalue weighted by molar-refractivity contribution is -0.665. The SMILES string of the molecule is CCN1/C(=C/C=C/C=C/c2sc3cc(SC)c(SC)cc3[n+]2CC)Sc2ccc(SC)cc21. The first kappa shape index (κ1) is 24.9. The van der Waals surface area contributed by atoms with Crippen molar-refractivity contribution in [2.75, 3.05) is 30.2 Å². The molecular formula is C26H29N2S5+. The molecule has 0 saturated carbocycles. The molecular weight excluding hydrogens is 501 g/mol. The van der Waals surface area contributed by atoms with Gasteiger partial charge in [0.15, 0.2) is 0 Å². The topological polar surface area (TPSA) is 7.12 Å². The Morgan fingerprint density at radius 2 is 1.73 bits per heavy atom. The molecule has 33 heavy (non-hydrogen) atoms. The zero-order valence-electron chi connectivity index (χ0n) is 19.6. The highest BCUT2D eigenvalue weighted by atomic mass is 32.2. The van der Waals surface area contributed by atoms with Gasteiger partial charge in [0.2, 0.25) is 5.52 Å². The van der Waals surface area contributed by atoms with Crippen molar-refractivity contribution in [1.82, 2.24) is 0 Å². The molecule has 2 heterocycles. The van der Waals surface area contributed by atoms with Crippen molar-refractivity contribution in [1.29, 1.82) is 0 Å². The number of thiazole rings is 1. The quantitative estimate of drug-likeness (QED) is 0.164. The lowest BCUT2D eigenvalue weighted by atomic mass is 10.3. The molecule has 2 nitrogen and oxygen atoms in total. The lowest BCUT2D eigenvalue weighted by Gasteiger charge is -2.18. The second-order valence-electron chi connectivity index (χ2n) is 7.29. The molecule has 0 spiro atoms. The molecule has 0 fully saturated rings. The Labute approximate surface area is 218 Å². The zero-order valence-corrected chi connectivity index (χ0v) is 23.7. The van der Waals surface area contributed by atoms with Crippen LogP contribution in [0.15, 0.2) is 79.2 Å². The van der Waals surface area contributed by atoms with Gasteiger partial charge >= 0.3 is 0 Å². The first-order valence-corrected chi connectivity index (χ1v) is 16.2. The number of allylic oxidation sites excluding steroid dienone is 4. The average Bonchev–Trinajstić information content (AvgIpc) is 3.38. The van der Waals surface area contributed by atoms with Crippen LogP contribution in [0.5, 0.6) is 0 Å². The average molecular weight is 530 g/mol. The summed E-state index contributed by atoms with van der Waals surface area (Å²) in [5.41, 5.74) is 2.66. The fourth-order valence-corrected chi connectivity index (χ4v) is 8.15. The molecule has 1 aromatic heterocycles. The fourth-order valence-electron chi connectivity index (χ4n) is 3.88. The van der Waals surface area contributed by atoms with Gasteiger partial charge in [0.25, 0.3) is 5.01 Å². The molecule has 0 unspecified atom stereocenters. The number of benzene rings is 2. The molecule has 0 aliphatic carbocycles. The Morgan fingerprint density at radius 3 is 2.42 bits per heavy atom. The van der Waals surface area contributed by atoms with Gasteiger partial charge in [-0.25, -0.2) is 0 Å². The minimum atomic E-state index is 0.971. The molecule has 7 heteroatoms. The highest BCUT2D eigenvalue weighted by Crippen LogP contribution is 2.47. The second kappa shape index (κ2) is 11.5. The lowest BCUT2D eigenvalue weighted by Crippen LogP contribution is -2.33. The van der Waals surface area contributed by atoms with E-state index in [0.717, 1.165) is 13.1 Å². The third-order valence-corrected chi connectivity index (χ3v) is 10.2. The minimum absolute atomic E-state index is 0.971. The van der Waals surface area contributed by atoms with E-state index in [4.69, 9.17) is 0 Å². The Morgan fingerprint density at radius 1 is 0.939 bits per heavy atom. The van der Waals surface area contributed by atoms with Gasteiger partial charge in [-0.2, -0.15) is 4.57 Å². The number of hydrogen-bond donors (Lipinski definition) is 0. The number of nitrogens with zero attached hydrogens (tertiary/aromatic N) is 2. The van der Waals surface area contributed by atoms with E-state index < -0.39 is 0 Å². The summed E-state index contributed by atoms with van der Waals surface area (Å²) in [7, 11) is 0. The molecule has 0 amide bonds. The maximum absolute atomic E-state index is 2.41. The summed E-state index contributed by atoms with van der Waals surface area (Å²) in [5, 5.41) is 2.58. The van der Waals surface area contributed by atoms with E-state index in [0.29, 0.717) is 0 Å². The Hall–Kier alpha value is -1.25. The van der Waals surface area contributed by atoms with E-state index in [1.807, 2.05) is 46.6 Å². The van der Waals surface area contributed by atoms with Crippen molar-refractivity contribution in [3.63, 3.8) is 0 Å². The standard InChI is InChI=1S/C26H29N2S5/c1-6-27-19-15-18(29-3)13-14-21(19)32-25(27)11-9-8-10-12-26-28(7-2)20-16-23(30-4)24(31-5)17-22(20)33-26/h8-17H,6-7H2,1-5H3/q+1. The number of rotatable bonds is 8. The van der Waals surface area contributed by atoms with Crippen LogP contribution in [-0.2, 0) is 6.54 Å². The Bertz CT molecular complexity index is 1240. The van der Waals surface area contributed by atoms with Gasteiger partial charge in [-0.05, 0) is 63.0 Å². The van der Waals surface area contributed by atoms with Gasteiger partial charge in [-0.3, -0.25) is 0 Å². The van der Waals surface area contributed by atoms with Crippen LogP contribution < -0.4 is 9.47 Å². The molecule has 0 N–H and O–H groups in total. The van der Waals surface area contributed by atoms with Crippen molar-refractivity contribution in [2.24, 2.45) is 0 Å². The van der Waals surface area contributed by atoms with Crippen LogP contribution in [0.25, 0.3) is 16.3 Å². The summed E-state index contributed by atoms with van der Waals surface area (Å²) >= 11 is 9.18. The molecule has 172 valence electrons. The van der Waals surface area contributed by atoms with Gasteiger partial charge in [0.05, 0.1) is 10.7 Å². The van der Waals surface area contributed by atoms with Crippen LogP contribution in [0.4, 0.5) is 5.69 Å². The monoisotopic (exact) mass is 529 g/mol. The summed E-state index contributed by atoms with van der Waals surface area (Å²) in [4.78, 5) is 7.78. The van der Waals surface area contributed by atoms with E-state index in [2.05, 4.69) is 103 Å². The first-order valence-electron chi connectivity index (χ1n) is 10.9. The molecule has 0 saturated heterocycles. The van der Waals surface area contributed by atoms with Crippen molar-refractivity contribution >= 4 is 80.4 Å². The van der Waals surface area contributed by atoms with Gasteiger partial charge in [0.1, 0.15) is 11.2 Å². The highest BCUT2D eigenvalue weighted by molar-refractivity contribution is 8.03. The van der Waals surface area contributed by atoms with Gasteiger partial charge in [-0.1, -0.05) is 41.3 Å². The molecule has 1 aliphatic rings. The Kier molecular flexibility index (Phi) is 8.63. The van der Waals surface area contributed by atoms with Crippen LogP contribution in [0.2, 0.25) is 0 Å². The summed E-state index contributed by atoms with van der Waals surface area (Å²) in [6.45, 7) is 6.39. The van der Waals surface area contributed by atoms with Crippen LogP contribution in [0.1, 0.15) is 18.9 Å². The number of anilines is 1. The van der Waals surface area contributed by atoms with Crippen molar-refractivity contribution in [3.05, 3.63) is 64.7 Å². The van der Waals surface area contributed by atoms with E-state index in [-0.39, 0.29) is 0 Å². The normalized spacial score (nSPS) is 15.1. The highest BCUT2D eigenvalue weighted by Gasteiger charge is 2.23. The van der Waals surface area contributed by atoms with E-state index in [1.54, 1.807) is 11.8 Å². The van der Waals surface area contributed by atoms with Crippen LogP contribution in [0, 0.1) is 0 Å². The van der Waals surface area contributed by atoms with Crippen LogP contribution >= 0.6 is 58.4 Å². The summed E-state index contributed by atoms with van der Waals surface area (Å²) < 4.78 is 3.77. The predicted molar refractivity (Wildman–Crippen MR) is 155 cm³/mol. The third-order valence-electron chi connectivity index (χ3n) is 5.51. The smallest absolute Gasteiger partial charge is 0.262 e. The van der Waals surface area contributed by atoms with Crippen molar-refractivity contribution in [2.45, 2.75) is 40.0 Å². The maximum atomic E-state index is 2.41. The zero-order chi connectivity index (χ0) is 23.4. The van der Waals surface area contributed by atoms with Crippen LogP contribution in [-0.4, -0.2) is 25.3 Å². The first-order chi connectivity index (χ1) is 16.1. The number of thioether (sulfide) groups is 4. The maximum Gasteiger partial charge on any atom is 0.262 e. The van der Waals surface area contributed by atoms with Crippen LogP contribution in [0.3, 0.4) is 0 Å². The van der Waals surface area contributed by atoms with Gasteiger partial charge < -0.3 is 4.90 Å². The molecule has 3 aromatic rings. The molecule has 0 bridgehead atoms. The largest absolute Gasteiger partial charge is 0.335 e.